The van der Waals surface area contributed by atoms with Crippen LogP contribution in [0.5, 0.6) is 0 Å². The fourth-order valence-corrected chi connectivity index (χ4v) is 3.85. The van der Waals surface area contributed by atoms with Gasteiger partial charge in [-0.05, 0) is 40.2 Å². The number of thiol groups is 1. The van der Waals surface area contributed by atoms with Crippen LogP contribution in [0.3, 0.4) is 0 Å². The predicted molar refractivity (Wildman–Crippen MR) is 108 cm³/mol. The van der Waals surface area contributed by atoms with Crippen molar-refractivity contribution in [2.24, 2.45) is 0 Å². The number of aromatic amines is 1. The van der Waals surface area contributed by atoms with E-state index in [1.807, 2.05) is 6.20 Å². The van der Waals surface area contributed by atoms with Crippen LogP contribution in [0.2, 0.25) is 0 Å². The number of fused-ring (bicyclic) bond motifs is 1. The van der Waals surface area contributed by atoms with E-state index in [2.05, 4.69) is 74.9 Å². The molecule has 1 aromatic carbocycles. The van der Waals surface area contributed by atoms with Gasteiger partial charge in [-0.2, -0.15) is 12.6 Å². The zero-order valence-electron chi connectivity index (χ0n) is 15.6. The van der Waals surface area contributed by atoms with E-state index >= 15 is 0 Å². The zero-order valence-corrected chi connectivity index (χ0v) is 16.5. The van der Waals surface area contributed by atoms with Crippen LogP contribution in [0.25, 0.3) is 0 Å². The zero-order chi connectivity index (χ0) is 18.2. The summed E-state index contributed by atoms with van der Waals surface area (Å²) < 4.78 is 0. The molecule has 0 saturated carbocycles. The molecule has 1 unspecified atom stereocenters. The number of hydrogen-bond donors (Lipinski definition) is 3. The number of H-pyrrole nitrogens is 1. The van der Waals surface area contributed by atoms with Crippen LogP contribution in [0, 0.1) is 0 Å². The topological polar surface area (TPSA) is 44.9 Å². The molecule has 1 aliphatic heterocycles. The van der Waals surface area contributed by atoms with Crippen molar-refractivity contribution in [2.45, 2.75) is 58.0 Å². The van der Waals surface area contributed by atoms with Gasteiger partial charge in [-0.1, -0.05) is 45.9 Å². The lowest BCUT2D eigenvalue weighted by molar-refractivity contribution is 0.528. The number of rotatable bonds is 4. The molecule has 2 N–H and O–H groups in total. The summed E-state index contributed by atoms with van der Waals surface area (Å²) in [6, 6.07) is 8.86. The van der Waals surface area contributed by atoms with E-state index < -0.39 is 0 Å². The van der Waals surface area contributed by atoms with Crippen LogP contribution >= 0.6 is 12.6 Å². The second-order valence-electron chi connectivity index (χ2n) is 8.48. The molecule has 134 valence electrons. The highest BCUT2D eigenvalue weighted by molar-refractivity contribution is 7.80. The molecule has 2 aromatic rings. The fourth-order valence-electron chi connectivity index (χ4n) is 3.56. The minimum atomic E-state index is -0.166. The molecule has 0 amide bonds. The molecule has 0 spiro atoms. The van der Waals surface area contributed by atoms with Gasteiger partial charge in [0.25, 0.3) is 5.56 Å². The molecule has 3 rings (SSSR count). The number of pyridine rings is 1. The average molecular weight is 357 g/mol. The highest BCUT2D eigenvalue weighted by Gasteiger charge is 2.28. The molecular formula is C21H28N2OS. The summed E-state index contributed by atoms with van der Waals surface area (Å²) in [4.78, 5) is 15.1. The third-order valence-electron chi connectivity index (χ3n) is 5.25. The van der Waals surface area contributed by atoms with Gasteiger partial charge >= 0.3 is 0 Å². The Morgan fingerprint density at radius 2 is 1.80 bits per heavy atom. The molecule has 4 heteroatoms. The molecule has 0 bridgehead atoms. The monoisotopic (exact) mass is 356 g/mol. The van der Waals surface area contributed by atoms with Crippen LogP contribution < -0.4 is 10.9 Å². The Hall–Kier alpha value is -1.52. The van der Waals surface area contributed by atoms with Gasteiger partial charge in [-0.15, -0.1) is 0 Å². The number of benzene rings is 1. The van der Waals surface area contributed by atoms with Crippen molar-refractivity contribution in [3.05, 3.63) is 68.6 Å². The second kappa shape index (κ2) is 6.65. The predicted octanol–water partition coefficient (Wildman–Crippen LogP) is 3.71. The Morgan fingerprint density at radius 3 is 2.48 bits per heavy atom. The van der Waals surface area contributed by atoms with Gasteiger partial charge < -0.3 is 10.3 Å². The lowest BCUT2D eigenvalue weighted by Gasteiger charge is -2.30. The number of aromatic nitrogens is 1. The maximum absolute atomic E-state index is 12.2. The summed E-state index contributed by atoms with van der Waals surface area (Å²) in [7, 11) is 0. The summed E-state index contributed by atoms with van der Waals surface area (Å²) in [5.41, 5.74) is 5.85. The smallest absolute Gasteiger partial charge is 0.251 e. The Morgan fingerprint density at radius 1 is 1.08 bits per heavy atom. The molecule has 1 atom stereocenters. The SMILES string of the molecule is CC(C)(C)c1cc(CC(C)(CS)c2ccc3c(c2)CNC3)c[nH]c1=O. The van der Waals surface area contributed by atoms with Crippen LogP contribution in [0.15, 0.2) is 35.3 Å². The second-order valence-corrected chi connectivity index (χ2v) is 8.80. The van der Waals surface area contributed by atoms with E-state index in [0.29, 0.717) is 0 Å². The lowest BCUT2D eigenvalue weighted by Crippen LogP contribution is -2.29. The molecule has 0 fully saturated rings. The first-order valence-electron chi connectivity index (χ1n) is 8.89. The highest BCUT2D eigenvalue weighted by atomic mass is 32.1. The molecule has 3 nitrogen and oxygen atoms in total. The quantitative estimate of drug-likeness (QED) is 0.731. The van der Waals surface area contributed by atoms with Crippen LogP contribution in [-0.2, 0) is 30.3 Å². The van der Waals surface area contributed by atoms with Crippen molar-refractivity contribution in [1.29, 1.82) is 0 Å². The van der Waals surface area contributed by atoms with Gasteiger partial charge in [-0.25, -0.2) is 0 Å². The fraction of sp³-hybridized carbons (Fsp3) is 0.476. The first-order valence-corrected chi connectivity index (χ1v) is 9.52. The first-order chi connectivity index (χ1) is 11.7. The first kappa shape index (κ1) is 18.3. The van der Waals surface area contributed by atoms with Gasteiger partial charge in [0, 0.05) is 36.0 Å². The summed E-state index contributed by atoms with van der Waals surface area (Å²) >= 11 is 4.66. The van der Waals surface area contributed by atoms with E-state index in [1.54, 1.807) is 0 Å². The maximum Gasteiger partial charge on any atom is 0.251 e. The highest BCUT2D eigenvalue weighted by Crippen LogP contribution is 2.32. The Kier molecular flexibility index (Phi) is 4.86. The standard InChI is InChI=1S/C21H28N2OS/c1-20(2,3)18-7-14(10-23-19(18)24)9-21(4,13-25)17-6-5-15-11-22-12-16(15)8-17/h5-8,10,22,25H,9,11-13H2,1-4H3,(H,23,24). The van der Waals surface area contributed by atoms with Crippen molar-refractivity contribution >= 4 is 12.6 Å². The molecule has 1 aliphatic rings. The van der Waals surface area contributed by atoms with Gasteiger partial charge in [0.15, 0.2) is 0 Å². The Balaban J connectivity index is 1.95. The molecule has 25 heavy (non-hydrogen) atoms. The number of nitrogens with one attached hydrogen (secondary N) is 2. The summed E-state index contributed by atoms with van der Waals surface area (Å²) in [5, 5.41) is 3.41. The van der Waals surface area contributed by atoms with E-state index in [9.17, 15) is 4.79 Å². The molecule has 2 heterocycles. The third-order valence-corrected chi connectivity index (χ3v) is 5.95. The Bertz CT molecular complexity index is 835. The molecule has 0 saturated heterocycles. The van der Waals surface area contributed by atoms with E-state index in [0.717, 1.165) is 36.4 Å². The van der Waals surface area contributed by atoms with E-state index in [1.165, 1.54) is 16.7 Å². The number of hydrogen-bond acceptors (Lipinski definition) is 3. The van der Waals surface area contributed by atoms with E-state index in [-0.39, 0.29) is 16.4 Å². The van der Waals surface area contributed by atoms with Crippen molar-refractivity contribution in [3.8, 4) is 0 Å². The van der Waals surface area contributed by atoms with Crippen LogP contribution in [0.1, 0.15) is 55.5 Å². The van der Waals surface area contributed by atoms with Crippen LogP contribution in [0.4, 0.5) is 0 Å². The summed E-state index contributed by atoms with van der Waals surface area (Å²) in [5.74, 6) is 0.753. The minimum Gasteiger partial charge on any atom is -0.329 e. The van der Waals surface area contributed by atoms with Crippen molar-refractivity contribution in [1.82, 2.24) is 10.3 Å². The van der Waals surface area contributed by atoms with Crippen LogP contribution in [-0.4, -0.2) is 10.7 Å². The maximum atomic E-state index is 12.2. The summed E-state index contributed by atoms with van der Waals surface area (Å²) in [6.07, 6.45) is 2.71. The molecular weight excluding hydrogens is 328 g/mol. The van der Waals surface area contributed by atoms with Crippen molar-refractivity contribution < 1.29 is 0 Å². The van der Waals surface area contributed by atoms with Crippen molar-refractivity contribution in [2.75, 3.05) is 5.75 Å². The average Bonchev–Trinajstić information content (AvgIpc) is 3.03. The molecule has 0 radical (unpaired) electrons. The lowest BCUT2D eigenvalue weighted by atomic mass is 9.77. The Labute approximate surface area is 155 Å². The molecule has 1 aromatic heterocycles. The summed E-state index contributed by atoms with van der Waals surface area (Å²) in [6.45, 7) is 10.4. The van der Waals surface area contributed by atoms with Gasteiger partial charge in [0.05, 0.1) is 0 Å². The largest absolute Gasteiger partial charge is 0.329 e. The van der Waals surface area contributed by atoms with Gasteiger partial charge in [0.2, 0.25) is 0 Å². The normalized spacial score (nSPS) is 16.5. The van der Waals surface area contributed by atoms with Gasteiger partial charge in [-0.3, -0.25) is 4.79 Å². The van der Waals surface area contributed by atoms with E-state index in [4.69, 9.17) is 0 Å². The molecule has 0 aliphatic carbocycles. The van der Waals surface area contributed by atoms with Crippen molar-refractivity contribution in [3.63, 3.8) is 0 Å². The third kappa shape index (κ3) is 3.70. The van der Waals surface area contributed by atoms with Gasteiger partial charge in [0.1, 0.15) is 0 Å². The minimum absolute atomic E-state index is 0.00688.